The summed E-state index contributed by atoms with van der Waals surface area (Å²) in [5, 5.41) is 3.25. The molecule has 0 bridgehead atoms. The van der Waals surface area contributed by atoms with Gasteiger partial charge in [0.05, 0.1) is 0 Å². The van der Waals surface area contributed by atoms with E-state index in [4.69, 9.17) is 5.73 Å². The van der Waals surface area contributed by atoms with Gasteiger partial charge in [-0.15, -0.1) is 0 Å². The summed E-state index contributed by atoms with van der Waals surface area (Å²) < 4.78 is 0. The summed E-state index contributed by atoms with van der Waals surface area (Å²) in [4.78, 5) is 8.23. The zero-order valence-electron chi connectivity index (χ0n) is 9.11. The molecule has 0 spiro atoms. The quantitative estimate of drug-likeness (QED) is 0.793. The molecule has 1 aliphatic carbocycles. The number of nitrogens with two attached hydrogens (primary N) is 1. The van der Waals surface area contributed by atoms with Gasteiger partial charge >= 0.3 is 0 Å². The van der Waals surface area contributed by atoms with Gasteiger partial charge in [-0.2, -0.15) is 4.98 Å². The van der Waals surface area contributed by atoms with Crippen LogP contribution in [0.4, 0.5) is 11.8 Å². The molecule has 15 heavy (non-hydrogen) atoms. The molecule has 0 saturated heterocycles. The van der Waals surface area contributed by atoms with Gasteiger partial charge in [0.2, 0.25) is 5.95 Å². The van der Waals surface area contributed by atoms with Crippen LogP contribution in [-0.4, -0.2) is 16.5 Å². The third kappa shape index (κ3) is 2.81. The van der Waals surface area contributed by atoms with Crippen LogP contribution in [0.25, 0.3) is 0 Å². The lowest BCUT2D eigenvalue weighted by atomic mass is 10.1. The fourth-order valence-electron chi connectivity index (χ4n) is 2.20. The van der Waals surface area contributed by atoms with Crippen LogP contribution < -0.4 is 11.1 Å². The standard InChI is InChI=1S/C11H18N4/c1-8-2-3-9(6-8)7-14-11-13-5-4-10(12)15-11/h4-5,8-9H,2-3,6-7H2,1H3,(H3,12,13,14,15). The van der Waals surface area contributed by atoms with Crippen LogP contribution in [-0.2, 0) is 0 Å². The van der Waals surface area contributed by atoms with Crippen molar-refractivity contribution in [3.8, 4) is 0 Å². The largest absolute Gasteiger partial charge is 0.384 e. The number of hydrogen-bond acceptors (Lipinski definition) is 4. The molecular formula is C11H18N4. The minimum absolute atomic E-state index is 0.521. The van der Waals surface area contributed by atoms with Gasteiger partial charge in [0, 0.05) is 12.7 Å². The molecule has 4 nitrogen and oxygen atoms in total. The predicted molar refractivity (Wildman–Crippen MR) is 61.4 cm³/mol. The second-order valence-corrected chi connectivity index (χ2v) is 4.47. The Morgan fingerprint density at radius 1 is 1.53 bits per heavy atom. The third-order valence-electron chi connectivity index (χ3n) is 3.03. The molecule has 1 aromatic rings. The smallest absolute Gasteiger partial charge is 0.224 e. The first-order chi connectivity index (χ1) is 7.24. The van der Waals surface area contributed by atoms with E-state index in [1.165, 1.54) is 19.3 Å². The molecule has 2 rings (SSSR count). The van der Waals surface area contributed by atoms with Crippen molar-refractivity contribution in [2.45, 2.75) is 26.2 Å². The molecule has 0 aromatic carbocycles. The molecule has 82 valence electrons. The molecule has 1 heterocycles. The Morgan fingerprint density at radius 3 is 3.07 bits per heavy atom. The molecule has 2 unspecified atom stereocenters. The highest BCUT2D eigenvalue weighted by molar-refractivity contribution is 5.34. The maximum Gasteiger partial charge on any atom is 0.224 e. The SMILES string of the molecule is CC1CCC(CNc2nccc(N)n2)C1. The molecule has 2 atom stereocenters. The van der Waals surface area contributed by atoms with Crippen molar-refractivity contribution in [1.29, 1.82) is 0 Å². The molecule has 1 fully saturated rings. The highest BCUT2D eigenvalue weighted by Gasteiger charge is 2.20. The van der Waals surface area contributed by atoms with Crippen molar-refractivity contribution < 1.29 is 0 Å². The minimum Gasteiger partial charge on any atom is -0.384 e. The van der Waals surface area contributed by atoms with Gasteiger partial charge in [-0.1, -0.05) is 13.3 Å². The van der Waals surface area contributed by atoms with E-state index in [0.29, 0.717) is 11.8 Å². The van der Waals surface area contributed by atoms with Crippen LogP contribution >= 0.6 is 0 Å². The number of aromatic nitrogens is 2. The Hall–Kier alpha value is -1.32. The van der Waals surface area contributed by atoms with Gasteiger partial charge in [0.25, 0.3) is 0 Å². The highest BCUT2D eigenvalue weighted by atomic mass is 15.1. The highest BCUT2D eigenvalue weighted by Crippen LogP contribution is 2.30. The average molecular weight is 206 g/mol. The summed E-state index contributed by atoms with van der Waals surface area (Å²) in [6.07, 6.45) is 5.66. The fourth-order valence-corrected chi connectivity index (χ4v) is 2.20. The Bertz CT molecular complexity index is 326. The normalized spacial score (nSPS) is 25.4. The van der Waals surface area contributed by atoms with E-state index in [9.17, 15) is 0 Å². The molecule has 0 radical (unpaired) electrons. The monoisotopic (exact) mass is 206 g/mol. The van der Waals surface area contributed by atoms with Crippen molar-refractivity contribution in [3.63, 3.8) is 0 Å². The number of hydrogen-bond donors (Lipinski definition) is 2. The van der Waals surface area contributed by atoms with Gasteiger partial charge in [-0.3, -0.25) is 0 Å². The molecule has 1 saturated carbocycles. The van der Waals surface area contributed by atoms with E-state index in [-0.39, 0.29) is 0 Å². The Morgan fingerprint density at radius 2 is 2.40 bits per heavy atom. The molecule has 0 aliphatic heterocycles. The van der Waals surface area contributed by atoms with Crippen LogP contribution in [0.1, 0.15) is 26.2 Å². The topological polar surface area (TPSA) is 63.8 Å². The van der Waals surface area contributed by atoms with Gasteiger partial charge in [0.1, 0.15) is 5.82 Å². The zero-order valence-corrected chi connectivity index (χ0v) is 9.11. The number of anilines is 2. The van der Waals surface area contributed by atoms with Crippen LogP contribution in [0.15, 0.2) is 12.3 Å². The number of nitrogens with one attached hydrogen (secondary N) is 1. The van der Waals surface area contributed by atoms with Crippen LogP contribution in [0.5, 0.6) is 0 Å². The second-order valence-electron chi connectivity index (χ2n) is 4.47. The lowest BCUT2D eigenvalue weighted by Gasteiger charge is -2.10. The molecule has 0 amide bonds. The van der Waals surface area contributed by atoms with Crippen molar-refractivity contribution in [2.24, 2.45) is 11.8 Å². The van der Waals surface area contributed by atoms with Crippen molar-refractivity contribution in [1.82, 2.24) is 9.97 Å². The van der Waals surface area contributed by atoms with Gasteiger partial charge < -0.3 is 11.1 Å². The van der Waals surface area contributed by atoms with E-state index in [1.54, 1.807) is 12.3 Å². The molecule has 1 aliphatic rings. The number of nitrogens with zero attached hydrogens (tertiary/aromatic N) is 2. The summed E-state index contributed by atoms with van der Waals surface area (Å²) in [6.45, 7) is 3.28. The lowest BCUT2D eigenvalue weighted by Crippen LogP contribution is -2.13. The second kappa shape index (κ2) is 4.47. The first kappa shape index (κ1) is 10.2. The van der Waals surface area contributed by atoms with Crippen molar-refractivity contribution in [2.75, 3.05) is 17.6 Å². The van der Waals surface area contributed by atoms with Crippen molar-refractivity contribution in [3.05, 3.63) is 12.3 Å². The summed E-state index contributed by atoms with van der Waals surface area (Å²) in [5.41, 5.74) is 5.57. The maximum absolute atomic E-state index is 5.57. The average Bonchev–Trinajstić information content (AvgIpc) is 2.62. The molecule has 4 heteroatoms. The van der Waals surface area contributed by atoms with Crippen LogP contribution in [0.2, 0.25) is 0 Å². The Labute approximate surface area is 90.3 Å². The molecule has 1 aromatic heterocycles. The predicted octanol–water partition coefficient (Wildman–Crippen LogP) is 1.91. The first-order valence-electron chi connectivity index (χ1n) is 5.56. The minimum atomic E-state index is 0.521. The number of rotatable bonds is 3. The van der Waals surface area contributed by atoms with Gasteiger partial charge in [-0.05, 0) is 30.7 Å². The van der Waals surface area contributed by atoms with Crippen LogP contribution in [0.3, 0.4) is 0 Å². The van der Waals surface area contributed by atoms with Gasteiger partial charge in [0.15, 0.2) is 0 Å². The van der Waals surface area contributed by atoms with E-state index >= 15 is 0 Å². The van der Waals surface area contributed by atoms with E-state index in [0.717, 1.165) is 18.4 Å². The van der Waals surface area contributed by atoms with Crippen LogP contribution in [0, 0.1) is 11.8 Å². The Kier molecular flexibility index (Phi) is 3.04. The number of nitrogen functional groups attached to an aromatic ring is 1. The summed E-state index contributed by atoms with van der Waals surface area (Å²) in [6, 6.07) is 1.70. The van der Waals surface area contributed by atoms with Crippen molar-refractivity contribution >= 4 is 11.8 Å². The fraction of sp³-hybridized carbons (Fsp3) is 0.636. The maximum atomic E-state index is 5.57. The molecule has 3 N–H and O–H groups in total. The third-order valence-corrected chi connectivity index (χ3v) is 3.03. The summed E-state index contributed by atoms with van der Waals surface area (Å²) in [7, 11) is 0. The molecular weight excluding hydrogens is 188 g/mol. The van der Waals surface area contributed by atoms with Gasteiger partial charge in [-0.25, -0.2) is 4.98 Å². The van der Waals surface area contributed by atoms with E-state index in [1.807, 2.05) is 0 Å². The zero-order chi connectivity index (χ0) is 10.7. The first-order valence-corrected chi connectivity index (χ1v) is 5.56. The van der Waals surface area contributed by atoms with E-state index in [2.05, 4.69) is 22.2 Å². The lowest BCUT2D eigenvalue weighted by molar-refractivity contribution is 0.536. The van der Waals surface area contributed by atoms with E-state index < -0.39 is 0 Å². The summed E-state index contributed by atoms with van der Waals surface area (Å²) in [5.74, 6) is 2.81. The Balaban J connectivity index is 1.83. The summed E-state index contributed by atoms with van der Waals surface area (Å²) >= 11 is 0.